The van der Waals surface area contributed by atoms with Gasteiger partial charge in [-0.3, -0.25) is 9.59 Å². The predicted molar refractivity (Wildman–Crippen MR) is 230 cm³/mol. The molecule has 0 aliphatic heterocycles. The van der Waals surface area contributed by atoms with Crippen molar-refractivity contribution >= 4 is 36.1 Å². The molecule has 16 heteroatoms. The van der Waals surface area contributed by atoms with Gasteiger partial charge in [-0.25, -0.2) is 19.2 Å². The maximum Gasteiger partial charge on any atom is 0.408 e. The van der Waals surface area contributed by atoms with Crippen molar-refractivity contribution in [3.05, 3.63) is 71.8 Å². The van der Waals surface area contributed by atoms with Crippen LogP contribution >= 0.6 is 0 Å². The summed E-state index contributed by atoms with van der Waals surface area (Å²) in [6.45, 7) is 24.5. The van der Waals surface area contributed by atoms with E-state index in [2.05, 4.69) is 10.6 Å². The molecule has 2 amide bonds. The van der Waals surface area contributed by atoms with Crippen LogP contribution in [0.3, 0.4) is 0 Å². The van der Waals surface area contributed by atoms with E-state index >= 15 is 0 Å². The maximum absolute atomic E-state index is 12.2. The number of nitrogens with one attached hydrogen (secondary N) is 2. The van der Waals surface area contributed by atoms with E-state index in [1.54, 1.807) is 55.4 Å². The zero-order chi connectivity index (χ0) is 47.2. The van der Waals surface area contributed by atoms with E-state index in [9.17, 15) is 28.8 Å². The highest BCUT2D eigenvalue weighted by atomic mass is 16.6. The smallest absolute Gasteiger partial charge is 0.408 e. The summed E-state index contributed by atoms with van der Waals surface area (Å²) in [5.74, 6) is -2.83. The molecule has 2 rings (SSSR count). The largest absolute Gasteiger partial charge is 0.480 e. The Morgan fingerprint density at radius 1 is 0.500 bits per heavy atom. The number of alkyl carbamates (subject to hydrolysis) is 2. The fourth-order valence-corrected chi connectivity index (χ4v) is 3.63. The first-order valence-electron chi connectivity index (χ1n) is 19.8. The zero-order valence-corrected chi connectivity index (χ0v) is 38.1. The number of ether oxygens (including phenoxy) is 4. The van der Waals surface area contributed by atoms with Crippen LogP contribution in [-0.4, -0.2) is 79.6 Å². The van der Waals surface area contributed by atoms with E-state index in [4.69, 9.17) is 40.6 Å². The topological polar surface area (TPSA) is 256 Å². The van der Waals surface area contributed by atoms with Crippen molar-refractivity contribution in [2.45, 2.75) is 169 Å². The van der Waals surface area contributed by atoms with E-state index in [0.29, 0.717) is 19.3 Å². The van der Waals surface area contributed by atoms with Gasteiger partial charge in [-0.2, -0.15) is 0 Å². The number of amides is 2. The van der Waals surface area contributed by atoms with E-state index in [1.165, 1.54) is 13.8 Å². The van der Waals surface area contributed by atoms with Crippen LogP contribution in [0, 0.1) is 0 Å². The third-order valence-corrected chi connectivity index (χ3v) is 8.74. The highest BCUT2D eigenvalue weighted by molar-refractivity contribution is 5.85. The Balaban J connectivity index is 0. The average molecular weight is 849 g/mol. The van der Waals surface area contributed by atoms with Crippen molar-refractivity contribution in [3.8, 4) is 0 Å². The molecule has 0 saturated carbocycles. The van der Waals surface area contributed by atoms with Crippen molar-refractivity contribution < 1.29 is 57.9 Å². The van der Waals surface area contributed by atoms with Gasteiger partial charge in [-0.05, 0) is 106 Å². The number of hydrogen-bond acceptors (Lipinski definition) is 12. The molecule has 0 spiro atoms. The summed E-state index contributed by atoms with van der Waals surface area (Å²) in [4.78, 5) is 68.1. The van der Waals surface area contributed by atoms with Crippen LogP contribution < -0.4 is 22.1 Å². The average Bonchev–Trinajstić information content (AvgIpc) is 3.16. The van der Waals surface area contributed by atoms with Crippen molar-refractivity contribution in [1.82, 2.24) is 10.6 Å². The number of benzene rings is 2. The lowest BCUT2D eigenvalue weighted by molar-refractivity contribution is -0.163. The van der Waals surface area contributed by atoms with E-state index in [-0.39, 0.29) is 25.6 Å². The number of hydrogen-bond donors (Lipinski definition) is 6. The third kappa shape index (κ3) is 24.0. The van der Waals surface area contributed by atoms with Gasteiger partial charge in [0.2, 0.25) is 0 Å². The second-order valence-corrected chi connectivity index (χ2v) is 16.9. The molecule has 0 unspecified atom stereocenters. The zero-order valence-electron chi connectivity index (χ0n) is 38.1. The predicted octanol–water partition coefficient (Wildman–Crippen LogP) is 7.24. The number of nitrogens with two attached hydrogens (primary N) is 2. The van der Waals surface area contributed by atoms with Crippen LogP contribution in [0.4, 0.5) is 9.59 Å². The van der Waals surface area contributed by atoms with Gasteiger partial charge in [0.15, 0.2) is 0 Å². The second-order valence-electron chi connectivity index (χ2n) is 16.9. The summed E-state index contributed by atoms with van der Waals surface area (Å²) < 4.78 is 20.6. The second kappa shape index (κ2) is 25.4. The quantitative estimate of drug-likeness (QED) is 0.0809. The number of carbonyl (C=O) groups excluding carboxylic acids is 4. The van der Waals surface area contributed by atoms with Gasteiger partial charge in [0, 0.05) is 0 Å². The van der Waals surface area contributed by atoms with E-state index < -0.39 is 63.5 Å². The minimum absolute atomic E-state index is 0.117. The lowest BCUT2D eigenvalue weighted by Crippen LogP contribution is -2.54. The van der Waals surface area contributed by atoms with Crippen molar-refractivity contribution in [2.75, 3.05) is 0 Å². The van der Waals surface area contributed by atoms with Gasteiger partial charge in [-0.1, -0.05) is 88.4 Å². The summed E-state index contributed by atoms with van der Waals surface area (Å²) >= 11 is 0. The van der Waals surface area contributed by atoms with Crippen LogP contribution in [0.5, 0.6) is 0 Å². The minimum Gasteiger partial charge on any atom is -0.480 e. The first kappa shape index (κ1) is 56.9. The molecule has 2 aromatic carbocycles. The lowest BCUT2D eigenvalue weighted by Gasteiger charge is -2.31. The maximum atomic E-state index is 12.2. The van der Waals surface area contributed by atoms with Gasteiger partial charge in [0.1, 0.15) is 46.6 Å². The summed E-state index contributed by atoms with van der Waals surface area (Å²) in [7, 11) is 0. The molecule has 0 aliphatic rings. The molecule has 0 fully saturated rings. The summed E-state index contributed by atoms with van der Waals surface area (Å²) in [6, 6.07) is 18.5. The molecular formula is C44H72N4O12. The standard InChI is InChI=1S/C17H25NO4.C13H17NO4.C9H19NO2.C5H11NO2/c1-6-17(5,14(19)22-16(2,3)4)18-15(20)21-12-13-10-8-7-9-11-13;1-3-13(2,11(15)16)14-12(17)18-9-10-7-5-4-6-8-10;1-6-9(5,10)7(11)12-8(2,3)4;1-3-5(2,6)4(7)8/h7-11H,6,12H2,1-5H3,(H,18,20);4-8H,3,9H2,1-2H3,(H,14,17)(H,15,16);6,10H2,1-5H3;3,6H2,1-2H3,(H,7,8)/t17-;13-;9-;5-/m0000/s1. The molecule has 4 atom stereocenters. The van der Waals surface area contributed by atoms with Crippen LogP contribution in [0.25, 0.3) is 0 Å². The molecule has 8 N–H and O–H groups in total. The monoisotopic (exact) mass is 849 g/mol. The molecule has 0 radical (unpaired) electrons. The molecule has 16 nitrogen and oxygen atoms in total. The van der Waals surface area contributed by atoms with Gasteiger partial charge >= 0.3 is 36.1 Å². The Hall–Kier alpha value is -5.22. The number of rotatable bonds is 14. The van der Waals surface area contributed by atoms with E-state index in [1.807, 2.05) is 88.4 Å². The van der Waals surface area contributed by atoms with E-state index in [0.717, 1.165) is 11.1 Å². The minimum atomic E-state index is -1.30. The fourth-order valence-electron chi connectivity index (χ4n) is 3.63. The Morgan fingerprint density at radius 3 is 1.10 bits per heavy atom. The normalized spacial score (nSPS) is 14.8. The highest BCUT2D eigenvalue weighted by Crippen LogP contribution is 2.18. The number of carbonyl (C=O) groups is 6. The molecule has 2 aromatic rings. The molecule has 340 valence electrons. The van der Waals surface area contributed by atoms with Crippen LogP contribution in [0.15, 0.2) is 60.7 Å². The Labute approximate surface area is 356 Å². The van der Waals surface area contributed by atoms with Gasteiger partial charge < -0.3 is 51.3 Å². The van der Waals surface area contributed by atoms with Crippen LogP contribution in [-0.2, 0) is 51.3 Å². The Kier molecular flexibility index (Phi) is 24.1. The summed E-state index contributed by atoms with van der Waals surface area (Å²) in [6.07, 6.45) is 0.361. The van der Waals surface area contributed by atoms with Crippen molar-refractivity contribution in [1.29, 1.82) is 0 Å². The lowest BCUT2D eigenvalue weighted by atomic mass is 9.99. The first-order chi connectivity index (χ1) is 27.3. The van der Waals surface area contributed by atoms with Gasteiger partial charge in [0.05, 0.1) is 0 Å². The Morgan fingerprint density at radius 2 is 0.833 bits per heavy atom. The third-order valence-electron chi connectivity index (χ3n) is 8.74. The molecule has 0 heterocycles. The fraction of sp³-hybridized carbons (Fsp3) is 0.591. The number of carboxylic acid groups (broad SMARTS) is 2. The number of carboxylic acids is 2. The van der Waals surface area contributed by atoms with Crippen LogP contribution in [0.1, 0.15) is 134 Å². The molecule has 0 saturated heterocycles. The van der Waals surface area contributed by atoms with Crippen LogP contribution in [0.2, 0.25) is 0 Å². The summed E-state index contributed by atoms with van der Waals surface area (Å²) in [5, 5.41) is 22.3. The molecule has 0 aromatic heterocycles. The highest BCUT2D eigenvalue weighted by Gasteiger charge is 2.38. The first-order valence-corrected chi connectivity index (χ1v) is 19.8. The molecule has 0 aliphatic carbocycles. The van der Waals surface area contributed by atoms with Crippen molar-refractivity contribution in [2.24, 2.45) is 11.5 Å². The van der Waals surface area contributed by atoms with Gasteiger partial charge in [-0.15, -0.1) is 0 Å². The molecular weight excluding hydrogens is 776 g/mol. The SMILES string of the molecule is CC[C@](C)(N)C(=O)O.CC[C@](C)(N)C(=O)OC(C)(C)C.CC[C@](C)(NC(=O)OCc1ccccc1)C(=O)O.CC[C@](C)(NC(=O)OCc1ccccc1)C(=O)OC(C)(C)C. The van der Waals surface area contributed by atoms with Crippen molar-refractivity contribution in [3.63, 3.8) is 0 Å². The molecule has 0 bridgehead atoms. The number of aliphatic carboxylic acids is 2. The van der Waals surface area contributed by atoms with Gasteiger partial charge in [0.25, 0.3) is 0 Å². The number of esters is 2. The molecule has 60 heavy (non-hydrogen) atoms. The Bertz CT molecular complexity index is 1640. The summed E-state index contributed by atoms with van der Waals surface area (Å²) in [5.41, 5.74) is 7.32.